The number of hydrogen-bond donors (Lipinski definition) is 2. The predicted molar refractivity (Wildman–Crippen MR) is 109 cm³/mol. The molecule has 0 unspecified atom stereocenters. The third kappa shape index (κ3) is 3.62. The van der Waals surface area contributed by atoms with E-state index in [1.54, 1.807) is 26.4 Å². The number of aromatic hydroxyl groups is 2. The zero-order chi connectivity index (χ0) is 20.5. The second-order valence-electron chi connectivity index (χ2n) is 7.79. The Bertz CT molecular complexity index is 837. The molecule has 0 aromatic heterocycles. The van der Waals surface area contributed by atoms with Crippen molar-refractivity contribution >= 4 is 0 Å². The van der Waals surface area contributed by atoms with Crippen molar-refractivity contribution in [1.82, 2.24) is 9.80 Å². The molecule has 1 aliphatic rings. The third-order valence-corrected chi connectivity index (χ3v) is 5.80. The van der Waals surface area contributed by atoms with Gasteiger partial charge in [-0.1, -0.05) is 24.3 Å². The van der Waals surface area contributed by atoms with Crippen LogP contribution in [0.5, 0.6) is 23.0 Å². The van der Waals surface area contributed by atoms with E-state index < -0.39 is 0 Å². The van der Waals surface area contributed by atoms with Crippen LogP contribution in [0.25, 0.3) is 0 Å². The Morgan fingerprint density at radius 3 is 1.93 bits per heavy atom. The van der Waals surface area contributed by atoms with Crippen LogP contribution in [0.1, 0.15) is 31.9 Å². The Kier molecular flexibility index (Phi) is 5.72. The Hall–Kier alpha value is -2.44. The highest BCUT2D eigenvalue weighted by Crippen LogP contribution is 2.38. The zero-order valence-corrected chi connectivity index (χ0v) is 17.3. The van der Waals surface area contributed by atoms with Gasteiger partial charge in [0, 0.05) is 36.8 Å². The molecule has 1 fully saturated rings. The Balaban J connectivity index is 1.83. The van der Waals surface area contributed by atoms with Crippen molar-refractivity contribution in [2.45, 2.75) is 45.6 Å². The van der Waals surface area contributed by atoms with Crippen LogP contribution in [0.4, 0.5) is 0 Å². The van der Waals surface area contributed by atoms with Gasteiger partial charge in [0.2, 0.25) is 0 Å². The van der Waals surface area contributed by atoms with Crippen LogP contribution in [-0.4, -0.2) is 52.5 Å². The molecular formula is C22H30N2O4. The van der Waals surface area contributed by atoms with Gasteiger partial charge in [-0.25, -0.2) is 0 Å². The number of para-hydroxylation sites is 2. The SMILES string of the molecule is COc1cccc(CN2C[C@H](C)N(Cc3cccc(OC)c3O)C2(C)C)c1O. The Labute approximate surface area is 166 Å². The molecule has 3 rings (SSSR count). The van der Waals surface area contributed by atoms with Gasteiger partial charge in [-0.2, -0.15) is 0 Å². The van der Waals surface area contributed by atoms with E-state index in [0.29, 0.717) is 24.6 Å². The van der Waals surface area contributed by atoms with E-state index in [1.165, 1.54) is 0 Å². The van der Waals surface area contributed by atoms with Crippen LogP contribution >= 0.6 is 0 Å². The lowest BCUT2D eigenvalue weighted by Gasteiger charge is -2.39. The highest BCUT2D eigenvalue weighted by atomic mass is 16.5. The summed E-state index contributed by atoms with van der Waals surface area (Å²) < 4.78 is 10.5. The molecule has 1 atom stereocenters. The van der Waals surface area contributed by atoms with Crippen LogP contribution in [0.2, 0.25) is 0 Å². The van der Waals surface area contributed by atoms with E-state index in [1.807, 2.05) is 24.3 Å². The normalized spacial score (nSPS) is 19.7. The molecule has 0 radical (unpaired) electrons. The highest BCUT2D eigenvalue weighted by Gasteiger charge is 2.43. The molecule has 28 heavy (non-hydrogen) atoms. The first-order valence-electron chi connectivity index (χ1n) is 9.51. The smallest absolute Gasteiger partial charge is 0.162 e. The summed E-state index contributed by atoms with van der Waals surface area (Å²) in [6, 6.07) is 11.4. The van der Waals surface area contributed by atoms with Crippen molar-refractivity contribution < 1.29 is 19.7 Å². The molecule has 1 saturated heterocycles. The molecule has 2 aromatic rings. The summed E-state index contributed by atoms with van der Waals surface area (Å²) >= 11 is 0. The standard InChI is InChI=1S/C22H30N2O4/c1-15-12-23(13-16-8-6-10-18(27-4)20(16)25)22(2,3)24(15)14-17-9-7-11-19(28-5)21(17)26/h6-11,15,25-26H,12-14H2,1-5H3/t15-/m0/s1. The summed E-state index contributed by atoms with van der Waals surface area (Å²) in [5.74, 6) is 1.36. The van der Waals surface area contributed by atoms with Gasteiger partial charge in [0.15, 0.2) is 23.0 Å². The molecule has 2 N–H and O–H groups in total. The molecule has 2 aromatic carbocycles. The maximum Gasteiger partial charge on any atom is 0.162 e. The summed E-state index contributed by atoms with van der Waals surface area (Å²) in [6.07, 6.45) is 0. The molecule has 6 nitrogen and oxygen atoms in total. The number of benzene rings is 2. The average molecular weight is 386 g/mol. The Morgan fingerprint density at radius 1 is 0.929 bits per heavy atom. The number of hydrogen-bond acceptors (Lipinski definition) is 6. The summed E-state index contributed by atoms with van der Waals surface area (Å²) in [4.78, 5) is 4.70. The van der Waals surface area contributed by atoms with Gasteiger partial charge in [-0.3, -0.25) is 9.80 Å². The fourth-order valence-electron chi connectivity index (χ4n) is 4.08. The van der Waals surface area contributed by atoms with Crippen molar-refractivity contribution in [3.8, 4) is 23.0 Å². The minimum Gasteiger partial charge on any atom is -0.504 e. The number of rotatable bonds is 6. The lowest BCUT2D eigenvalue weighted by Crippen LogP contribution is -2.48. The van der Waals surface area contributed by atoms with Crippen molar-refractivity contribution in [2.75, 3.05) is 20.8 Å². The van der Waals surface area contributed by atoms with E-state index in [0.717, 1.165) is 17.7 Å². The Morgan fingerprint density at radius 2 is 1.43 bits per heavy atom. The van der Waals surface area contributed by atoms with Gasteiger partial charge in [0.05, 0.1) is 19.9 Å². The molecule has 152 valence electrons. The maximum atomic E-state index is 10.5. The summed E-state index contributed by atoms with van der Waals surface area (Å²) in [7, 11) is 3.12. The second kappa shape index (κ2) is 7.89. The van der Waals surface area contributed by atoms with E-state index in [4.69, 9.17) is 9.47 Å². The minimum absolute atomic E-state index is 0.192. The van der Waals surface area contributed by atoms with Crippen LogP contribution in [-0.2, 0) is 13.1 Å². The maximum absolute atomic E-state index is 10.5. The van der Waals surface area contributed by atoms with Crippen molar-refractivity contribution in [3.05, 3.63) is 47.5 Å². The number of nitrogens with zero attached hydrogens (tertiary/aromatic N) is 2. The van der Waals surface area contributed by atoms with Gasteiger partial charge in [0.1, 0.15) is 0 Å². The van der Waals surface area contributed by atoms with Gasteiger partial charge in [-0.05, 0) is 32.9 Å². The number of ether oxygens (including phenoxy) is 2. The zero-order valence-electron chi connectivity index (χ0n) is 17.3. The number of phenolic OH excluding ortho intramolecular Hbond substituents is 2. The van der Waals surface area contributed by atoms with Crippen molar-refractivity contribution in [2.24, 2.45) is 0 Å². The predicted octanol–water partition coefficient (Wildman–Crippen LogP) is 3.56. The molecule has 1 aliphatic heterocycles. The molecule has 0 bridgehead atoms. The van der Waals surface area contributed by atoms with E-state index >= 15 is 0 Å². The third-order valence-electron chi connectivity index (χ3n) is 5.80. The summed E-state index contributed by atoms with van der Waals surface area (Å²) in [5, 5.41) is 21.0. The lowest BCUT2D eigenvalue weighted by molar-refractivity contribution is 0.0270. The van der Waals surface area contributed by atoms with Gasteiger partial charge in [0.25, 0.3) is 0 Å². The number of phenols is 2. The van der Waals surface area contributed by atoms with Crippen LogP contribution < -0.4 is 9.47 Å². The van der Waals surface area contributed by atoms with Crippen molar-refractivity contribution in [3.63, 3.8) is 0 Å². The molecular weight excluding hydrogens is 356 g/mol. The fraction of sp³-hybridized carbons (Fsp3) is 0.455. The largest absolute Gasteiger partial charge is 0.504 e. The van der Waals surface area contributed by atoms with E-state index in [9.17, 15) is 10.2 Å². The quantitative estimate of drug-likeness (QED) is 0.791. The molecule has 0 saturated carbocycles. The molecule has 6 heteroatoms. The van der Waals surface area contributed by atoms with Crippen LogP contribution in [0.15, 0.2) is 36.4 Å². The molecule has 0 aliphatic carbocycles. The number of methoxy groups -OCH3 is 2. The molecule has 1 heterocycles. The van der Waals surface area contributed by atoms with E-state index in [2.05, 4.69) is 30.6 Å². The van der Waals surface area contributed by atoms with Crippen LogP contribution in [0, 0.1) is 0 Å². The molecule has 0 spiro atoms. The van der Waals surface area contributed by atoms with Gasteiger partial charge in [-0.15, -0.1) is 0 Å². The van der Waals surface area contributed by atoms with Gasteiger partial charge < -0.3 is 19.7 Å². The molecule has 0 amide bonds. The lowest BCUT2D eigenvalue weighted by atomic mass is 10.1. The average Bonchev–Trinajstić information content (AvgIpc) is 2.87. The monoisotopic (exact) mass is 386 g/mol. The first-order chi connectivity index (χ1) is 13.3. The second-order valence-corrected chi connectivity index (χ2v) is 7.79. The fourth-order valence-corrected chi connectivity index (χ4v) is 4.08. The van der Waals surface area contributed by atoms with Gasteiger partial charge >= 0.3 is 0 Å². The summed E-state index contributed by atoms with van der Waals surface area (Å²) in [6.45, 7) is 8.60. The van der Waals surface area contributed by atoms with E-state index in [-0.39, 0.29) is 23.2 Å². The van der Waals surface area contributed by atoms with Crippen LogP contribution in [0.3, 0.4) is 0 Å². The van der Waals surface area contributed by atoms with Crippen molar-refractivity contribution in [1.29, 1.82) is 0 Å². The minimum atomic E-state index is -0.259. The summed E-state index contributed by atoms with van der Waals surface area (Å²) in [5.41, 5.74) is 1.42. The first-order valence-corrected chi connectivity index (χ1v) is 9.51. The first kappa shape index (κ1) is 20.3. The highest BCUT2D eigenvalue weighted by molar-refractivity contribution is 5.46. The topological polar surface area (TPSA) is 65.4 Å².